The highest BCUT2D eigenvalue weighted by atomic mass is 16.5. The lowest BCUT2D eigenvalue weighted by Gasteiger charge is -2.11. The second-order valence-electron chi connectivity index (χ2n) is 5.33. The number of aryl methyl sites for hydroxylation is 1. The lowest BCUT2D eigenvalue weighted by Crippen LogP contribution is -2.38. The molecule has 0 amide bonds. The van der Waals surface area contributed by atoms with Gasteiger partial charge in [-0.25, -0.2) is 0 Å². The topological polar surface area (TPSA) is 64.1 Å². The molecule has 0 aromatic heterocycles. The van der Waals surface area contributed by atoms with Crippen LogP contribution in [-0.2, 0) is 11.2 Å². The molecule has 0 radical (unpaired) electrons. The first-order valence-corrected chi connectivity index (χ1v) is 8.47. The third-order valence-electron chi connectivity index (χ3n) is 3.50. The first-order valence-electron chi connectivity index (χ1n) is 8.47. The molecule has 0 fully saturated rings. The highest BCUT2D eigenvalue weighted by Gasteiger charge is 2.04. The van der Waals surface area contributed by atoms with E-state index in [1.54, 1.807) is 21.3 Å². The van der Waals surface area contributed by atoms with E-state index in [0.29, 0.717) is 0 Å². The first-order chi connectivity index (χ1) is 11.7. The van der Waals surface area contributed by atoms with Gasteiger partial charge in [-0.3, -0.25) is 4.99 Å². The van der Waals surface area contributed by atoms with Gasteiger partial charge in [-0.05, 0) is 43.9 Å². The van der Waals surface area contributed by atoms with Crippen molar-refractivity contribution in [2.75, 3.05) is 47.6 Å². The van der Waals surface area contributed by atoms with Crippen LogP contribution in [0.4, 0.5) is 0 Å². The molecule has 1 rings (SSSR count). The van der Waals surface area contributed by atoms with Crippen molar-refractivity contribution in [3.63, 3.8) is 0 Å². The van der Waals surface area contributed by atoms with E-state index >= 15 is 0 Å². The molecule has 0 bridgehead atoms. The highest BCUT2D eigenvalue weighted by Crippen LogP contribution is 2.27. The largest absolute Gasteiger partial charge is 0.493 e. The van der Waals surface area contributed by atoms with Crippen molar-refractivity contribution in [1.29, 1.82) is 0 Å². The summed E-state index contributed by atoms with van der Waals surface area (Å²) >= 11 is 0. The van der Waals surface area contributed by atoms with Gasteiger partial charge in [0.05, 0.1) is 14.2 Å². The first kappa shape index (κ1) is 20.1. The van der Waals surface area contributed by atoms with Crippen molar-refractivity contribution in [2.45, 2.75) is 26.2 Å². The van der Waals surface area contributed by atoms with E-state index in [9.17, 15) is 0 Å². The highest BCUT2D eigenvalue weighted by molar-refractivity contribution is 5.79. The van der Waals surface area contributed by atoms with Crippen LogP contribution in [0.3, 0.4) is 0 Å². The monoisotopic (exact) mass is 337 g/mol. The molecule has 0 atom stereocenters. The zero-order valence-electron chi connectivity index (χ0n) is 15.4. The van der Waals surface area contributed by atoms with Gasteiger partial charge in [-0.15, -0.1) is 0 Å². The number of methoxy groups -OCH3 is 3. The molecule has 1 aromatic rings. The summed E-state index contributed by atoms with van der Waals surface area (Å²) in [5, 5.41) is 6.56. The maximum atomic E-state index is 5.33. The maximum absolute atomic E-state index is 5.33. The quantitative estimate of drug-likeness (QED) is 0.368. The number of benzene rings is 1. The summed E-state index contributed by atoms with van der Waals surface area (Å²) in [5.41, 5.74) is 1.22. The number of rotatable bonds is 11. The van der Waals surface area contributed by atoms with Crippen LogP contribution in [0.2, 0.25) is 0 Å². The number of guanidine groups is 1. The van der Waals surface area contributed by atoms with Gasteiger partial charge in [0.15, 0.2) is 17.5 Å². The van der Waals surface area contributed by atoms with Gasteiger partial charge in [0.1, 0.15) is 0 Å². The van der Waals surface area contributed by atoms with Crippen molar-refractivity contribution >= 4 is 5.96 Å². The Kier molecular flexibility index (Phi) is 10.4. The summed E-state index contributed by atoms with van der Waals surface area (Å²) in [5.74, 6) is 2.39. The van der Waals surface area contributed by atoms with Crippen LogP contribution >= 0.6 is 0 Å². The van der Waals surface area contributed by atoms with Crippen LogP contribution in [0, 0.1) is 0 Å². The number of nitrogens with zero attached hydrogens (tertiary/aromatic N) is 1. The molecule has 0 aliphatic heterocycles. The Balaban J connectivity index is 2.43. The molecule has 0 saturated carbocycles. The lowest BCUT2D eigenvalue weighted by atomic mass is 10.1. The summed E-state index contributed by atoms with van der Waals surface area (Å²) in [6, 6.07) is 6.04. The van der Waals surface area contributed by atoms with E-state index in [-0.39, 0.29) is 0 Å². The summed E-state index contributed by atoms with van der Waals surface area (Å²) in [6.07, 6.45) is 2.89. The average molecular weight is 337 g/mol. The molecular weight excluding hydrogens is 306 g/mol. The van der Waals surface area contributed by atoms with Crippen molar-refractivity contribution in [1.82, 2.24) is 10.6 Å². The SMILES string of the molecule is CCNC(=NCCCc1ccc(OC)c(OC)c1)NCCCOC. The Morgan fingerprint density at radius 2 is 1.83 bits per heavy atom. The maximum Gasteiger partial charge on any atom is 0.191 e. The molecule has 0 spiro atoms. The fraction of sp³-hybridized carbons (Fsp3) is 0.611. The molecular formula is C18H31N3O3. The minimum absolute atomic E-state index is 0.756. The summed E-state index contributed by atoms with van der Waals surface area (Å²) in [7, 11) is 5.02. The standard InChI is InChI=1S/C18H31N3O3/c1-5-19-18(21-12-7-13-22-2)20-11-6-8-15-9-10-16(23-3)17(14-15)24-4/h9-10,14H,5-8,11-13H2,1-4H3,(H2,19,20,21). The Morgan fingerprint density at radius 3 is 2.50 bits per heavy atom. The molecule has 0 unspecified atom stereocenters. The van der Waals surface area contributed by atoms with E-state index in [4.69, 9.17) is 14.2 Å². The molecule has 0 aliphatic rings. The summed E-state index contributed by atoms with van der Waals surface area (Å²) in [4.78, 5) is 4.60. The Bertz CT molecular complexity index is 492. The van der Waals surface area contributed by atoms with Gasteiger partial charge in [0.2, 0.25) is 0 Å². The van der Waals surface area contributed by atoms with Gasteiger partial charge in [-0.1, -0.05) is 6.07 Å². The smallest absolute Gasteiger partial charge is 0.191 e. The molecule has 6 nitrogen and oxygen atoms in total. The number of ether oxygens (including phenoxy) is 3. The number of nitrogens with one attached hydrogen (secondary N) is 2. The summed E-state index contributed by atoms with van der Waals surface area (Å²) < 4.78 is 15.6. The van der Waals surface area contributed by atoms with Crippen LogP contribution in [0.25, 0.3) is 0 Å². The molecule has 136 valence electrons. The minimum atomic E-state index is 0.756. The van der Waals surface area contributed by atoms with Crippen molar-refractivity contribution < 1.29 is 14.2 Å². The lowest BCUT2D eigenvalue weighted by molar-refractivity contribution is 0.195. The molecule has 1 aromatic carbocycles. The Hall–Kier alpha value is -1.95. The third kappa shape index (κ3) is 7.55. The predicted molar refractivity (Wildman–Crippen MR) is 98.3 cm³/mol. The van der Waals surface area contributed by atoms with Crippen LogP contribution in [0.1, 0.15) is 25.3 Å². The molecule has 6 heteroatoms. The van der Waals surface area contributed by atoms with Crippen LogP contribution in [0.5, 0.6) is 11.5 Å². The Morgan fingerprint density at radius 1 is 1.04 bits per heavy atom. The molecule has 2 N–H and O–H groups in total. The predicted octanol–water partition coefficient (Wildman–Crippen LogP) is 2.23. The molecule has 24 heavy (non-hydrogen) atoms. The zero-order valence-corrected chi connectivity index (χ0v) is 15.4. The van der Waals surface area contributed by atoms with Gasteiger partial charge in [0, 0.05) is 33.4 Å². The fourth-order valence-electron chi connectivity index (χ4n) is 2.28. The second-order valence-corrected chi connectivity index (χ2v) is 5.33. The van der Waals surface area contributed by atoms with Crippen LogP contribution < -0.4 is 20.1 Å². The van der Waals surface area contributed by atoms with Crippen molar-refractivity contribution in [3.8, 4) is 11.5 Å². The van der Waals surface area contributed by atoms with E-state index in [2.05, 4.69) is 28.6 Å². The van der Waals surface area contributed by atoms with Crippen molar-refractivity contribution in [2.24, 2.45) is 4.99 Å². The van der Waals surface area contributed by atoms with E-state index in [1.165, 1.54) is 5.56 Å². The molecule has 0 saturated heterocycles. The van der Waals surface area contributed by atoms with Crippen molar-refractivity contribution in [3.05, 3.63) is 23.8 Å². The van der Waals surface area contributed by atoms with E-state index < -0.39 is 0 Å². The fourth-order valence-corrected chi connectivity index (χ4v) is 2.28. The molecule has 0 aliphatic carbocycles. The zero-order chi connectivity index (χ0) is 17.6. The van der Waals surface area contributed by atoms with Gasteiger partial charge >= 0.3 is 0 Å². The normalized spacial score (nSPS) is 11.2. The second kappa shape index (κ2) is 12.5. The van der Waals surface area contributed by atoms with Gasteiger partial charge < -0.3 is 24.8 Å². The number of hydrogen-bond donors (Lipinski definition) is 2. The Labute approximate surface area is 145 Å². The van der Waals surface area contributed by atoms with Gasteiger partial charge in [-0.2, -0.15) is 0 Å². The summed E-state index contributed by atoms with van der Waals surface area (Å²) in [6.45, 7) is 5.30. The minimum Gasteiger partial charge on any atom is -0.493 e. The number of hydrogen-bond acceptors (Lipinski definition) is 4. The third-order valence-corrected chi connectivity index (χ3v) is 3.50. The number of aliphatic imine (C=N–C) groups is 1. The van der Waals surface area contributed by atoms with Crippen LogP contribution in [0.15, 0.2) is 23.2 Å². The van der Waals surface area contributed by atoms with E-state index in [1.807, 2.05) is 12.1 Å². The molecule has 0 heterocycles. The van der Waals surface area contributed by atoms with Crippen LogP contribution in [-0.4, -0.2) is 53.5 Å². The average Bonchev–Trinajstić information content (AvgIpc) is 2.61. The van der Waals surface area contributed by atoms with E-state index in [0.717, 1.165) is 63.0 Å². The van der Waals surface area contributed by atoms with Gasteiger partial charge in [0.25, 0.3) is 0 Å².